The molecule has 0 unspecified atom stereocenters. The maximum Gasteiger partial charge on any atom is 0.339 e. The van der Waals surface area contributed by atoms with Crippen molar-refractivity contribution < 1.29 is 38.1 Å². The SMILES string of the molecule is CC(C)COC(=O)CCCCC(=O)OCC(C)C.CCCCOC(=O)c1ccccc1C(=O)OCCCC. The van der Waals surface area contributed by atoms with Gasteiger partial charge >= 0.3 is 23.9 Å². The van der Waals surface area contributed by atoms with Gasteiger partial charge in [-0.05, 0) is 49.7 Å². The average Bonchev–Trinajstić information content (AvgIpc) is 2.89. The fourth-order valence-electron chi connectivity index (χ4n) is 2.82. The smallest absolute Gasteiger partial charge is 0.339 e. The van der Waals surface area contributed by atoms with Gasteiger partial charge in [-0.1, -0.05) is 66.5 Å². The first-order chi connectivity index (χ1) is 18.1. The minimum atomic E-state index is -0.471. The van der Waals surface area contributed by atoms with E-state index in [1.165, 1.54) is 0 Å². The quantitative estimate of drug-likeness (QED) is 0.125. The first-order valence-electron chi connectivity index (χ1n) is 13.9. The lowest BCUT2D eigenvalue weighted by molar-refractivity contribution is -0.147. The van der Waals surface area contributed by atoms with Gasteiger partial charge in [0.1, 0.15) is 0 Å². The van der Waals surface area contributed by atoms with E-state index in [9.17, 15) is 19.2 Å². The van der Waals surface area contributed by atoms with Crippen LogP contribution in [0.5, 0.6) is 0 Å². The molecule has 0 spiro atoms. The summed E-state index contributed by atoms with van der Waals surface area (Å²) in [5.41, 5.74) is 0.537. The number of esters is 4. The third-order valence-corrected chi connectivity index (χ3v) is 5.00. The van der Waals surface area contributed by atoms with Crippen molar-refractivity contribution in [2.75, 3.05) is 26.4 Å². The molecule has 8 heteroatoms. The Hall–Kier alpha value is -2.90. The van der Waals surface area contributed by atoms with E-state index in [1.54, 1.807) is 24.3 Å². The molecule has 1 aromatic rings. The molecule has 1 rings (SSSR count). The molecule has 1 aromatic carbocycles. The van der Waals surface area contributed by atoms with E-state index in [0.717, 1.165) is 25.7 Å². The summed E-state index contributed by atoms with van der Waals surface area (Å²) in [6, 6.07) is 6.59. The van der Waals surface area contributed by atoms with Crippen molar-refractivity contribution >= 4 is 23.9 Å². The zero-order valence-electron chi connectivity index (χ0n) is 24.2. The number of carbonyl (C=O) groups is 4. The number of hydrogen-bond donors (Lipinski definition) is 0. The van der Waals surface area contributed by atoms with E-state index in [-0.39, 0.29) is 23.1 Å². The Bertz CT molecular complexity index is 749. The van der Waals surface area contributed by atoms with Crippen LogP contribution >= 0.6 is 0 Å². The monoisotopic (exact) mass is 536 g/mol. The number of unbranched alkanes of at least 4 members (excludes halogenated alkanes) is 3. The number of carbonyl (C=O) groups excluding carboxylic acids is 4. The van der Waals surface area contributed by atoms with Gasteiger partial charge in [0.05, 0.1) is 37.6 Å². The molecule has 0 bridgehead atoms. The van der Waals surface area contributed by atoms with Gasteiger partial charge < -0.3 is 18.9 Å². The lowest BCUT2D eigenvalue weighted by Crippen LogP contribution is -2.14. The van der Waals surface area contributed by atoms with Crippen LogP contribution in [-0.2, 0) is 28.5 Å². The first-order valence-corrected chi connectivity index (χ1v) is 13.9. The van der Waals surface area contributed by atoms with Crippen molar-refractivity contribution in [3.05, 3.63) is 35.4 Å². The molecule has 0 heterocycles. The number of hydrogen-bond acceptors (Lipinski definition) is 8. The summed E-state index contributed by atoms with van der Waals surface area (Å²) in [7, 11) is 0. The van der Waals surface area contributed by atoms with Gasteiger partial charge in [-0.2, -0.15) is 0 Å². The molecule has 0 aliphatic carbocycles. The highest BCUT2D eigenvalue weighted by Crippen LogP contribution is 2.13. The second-order valence-electron chi connectivity index (χ2n) is 9.89. The maximum atomic E-state index is 11.9. The van der Waals surface area contributed by atoms with E-state index in [2.05, 4.69) is 0 Å². The minimum Gasteiger partial charge on any atom is -0.465 e. The third-order valence-electron chi connectivity index (χ3n) is 5.00. The lowest BCUT2D eigenvalue weighted by Gasteiger charge is -2.09. The molecule has 8 nitrogen and oxygen atoms in total. The fourth-order valence-corrected chi connectivity index (χ4v) is 2.82. The van der Waals surface area contributed by atoms with Crippen LogP contribution < -0.4 is 0 Å². The maximum absolute atomic E-state index is 11.9. The molecule has 0 N–H and O–H groups in total. The second kappa shape index (κ2) is 22.1. The summed E-state index contributed by atoms with van der Waals surface area (Å²) in [6.07, 6.45) is 5.64. The van der Waals surface area contributed by atoms with Crippen molar-refractivity contribution in [1.29, 1.82) is 0 Å². The Morgan fingerprint density at radius 2 is 0.974 bits per heavy atom. The summed E-state index contributed by atoms with van der Waals surface area (Å²) in [5.74, 6) is -0.582. The van der Waals surface area contributed by atoms with Crippen LogP contribution in [0.25, 0.3) is 0 Å². The second-order valence-corrected chi connectivity index (χ2v) is 9.89. The fraction of sp³-hybridized carbons (Fsp3) is 0.667. The van der Waals surface area contributed by atoms with Crippen LogP contribution in [0.2, 0.25) is 0 Å². The largest absolute Gasteiger partial charge is 0.465 e. The van der Waals surface area contributed by atoms with Crippen LogP contribution in [0.3, 0.4) is 0 Å². The summed E-state index contributed by atoms with van der Waals surface area (Å²) < 4.78 is 20.3. The lowest BCUT2D eigenvalue weighted by atomic mass is 10.1. The van der Waals surface area contributed by atoms with Crippen LogP contribution in [0.4, 0.5) is 0 Å². The predicted octanol–water partition coefficient (Wildman–Crippen LogP) is 6.55. The van der Waals surface area contributed by atoms with Crippen molar-refractivity contribution in [3.8, 4) is 0 Å². The molecule has 0 amide bonds. The standard InChI is InChI=1S/C16H22O4.C14H26O4/c1-3-5-11-19-15(17)13-9-7-8-10-14(13)16(18)20-12-6-4-2;1-11(2)9-17-13(15)7-5-6-8-14(16)18-10-12(3)4/h7-10H,3-6,11-12H2,1-2H3;11-12H,5-10H2,1-4H3. The number of rotatable bonds is 17. The Kier molecular flexibility index (Phi) is 20.4. The van der Waals surface area contributed by atoms with Gasteiger partial charge in [0, 0.05) is 12.8 Å². The normalized spacial score (nSPS) is 10.4. The molecule has 0 atom stereocenters. The average molecular weight is 537 g/mol. The summed E-state index contributed by atoms with van der Waals surface area (Å²) >= 11 is 0. The number of ether oxygens (including phenoxy) is 4. The molecule has 0 aliphatic heterocycles. The molecule has 38 heavy (non-hydrogen) atoms. The molecule has 0 fully saturated rings. The van der Waals surface area contributed by atoms with Gasteiger partial charge in [-0.25, -0.2) is 9.59 Å². The van der Waals surface area contributed by atoms with Crippen LogP contribution in [0.15, 0.2) is 24.3 Å². The molecule has 0 aliphatic rings. The minimum absolute atomic E-state index is 0.181. The van der Waals surface area contributed by atoms with E-state index in [4.69, 9.17) is 18.9 Å². The van der Waals surface area contributed by atoms with Gasteiger partial charge in [0.15, 0.2) is 0 Å². The van der Waals surface area contributed by atoms with Crippen molar-refractivity contribution in [2.24, 2.45) is 11.8 Å². The highest BCUT2D eigenvalue weighted by atomic mass is 16.5. The predicted molar refractivity (Wildman–Crippen MR) is 147 cm³/mol. The zero-order valence-corrected chi connectivity index (χ0v) is 24.2. The third kappa shape index (κ3) is 18.4. The Labute approximate surface area is 228 Å². The van der Waals surface area contributed by atoms with Crippen LogP contribution in [-0.4, -0.2) is 50.3 Å². The van der Waals surface area contributed by atoms with E-state index < -0.39 is 11.9 Å². The van der Waals surface area contributed by atoms with Crippen molar-refractivity contribution in [3.63, 3.8) is 0 Å². The molecular weight excluding hydrogens is 488 g/mol. The summed E-state index contributed by atoms with van der Waals surface area (Å²) in [5, 5.41) is 0. The highest BCUT2D eigenvalue weighted by molar-refractivity contribution is 6.03. The summed E-state index contributed by atoms with van der Waals surface area (Å²) in [6.45, 7) is 13.7. The van der Waals surface area contributed by atoms with Crippen molar-refractivity contribution in [2.45, 2.75) is 92.9 Å². The van der Waals surface area contributed by atoms with Gasteiger partial charge in [-0.3, -0.25) is 9.59 Å². The number of benzene rings is 1. The first kappa shape index (κ1) is 35.1. The molecule has 216 valence electrons. The Balaban J connectivity index is 0.000000726. The van der Waals surface area contributed by atoms with Crippen LogP contribution in [0.1, 0.15) is 114 Å². The molecular formula is C30H48O8. The van der Waals surface area contributed by atoms with Gasteiger partial charge in [0.25, 0.3) is 0 Å². The van der Waals surface area contributed by atoms with E-state index in [0.29, 0.717) is 63.9 Å². The highest BCUT2D eigenvalue weighted by Gasteiger charge is 2.18. The van der Waals surface area contributed by atoms with Crippen molar-refractivity contribution in [1.82, 2.24) is 0 Å². The Morgan fingerprint density at radius 1 is 0.605 bits per heavy atom. The molecule has 0 aromatic heterocycles. The van der Waals surface area contributed by atoms with Gasteiger partial charge in [-0.15, -0.1) is 0 Å². The molecule has 0 saturated heterocycles. The summed E-state index contributed by atoms with van der Waals surface area (Å²) in [4.78, 5) is 46.4. The van der Waals surface area contributed by atoms with E-state index in [1.807, 2.05) is 41.5 Å². The topological polar surface area (TPSA) is 105 Å². The van der Waals surface area contributed by atoms with Gasteiger partial charge in [0.2, 0.25) is 0 Å². The Morgan fingerprint density at radius 3 is 1.29 bits per heavy atom. The van der Waals surface area contributed by atoms with Crippen LogP contribution in [0, 0.1) is 11.8 Å². The molecule has 0 saturated carbocycles. The molecule has 0 radical (unpaired) electrons. The van der Waals surface area contributed by atoms with E-state index >= 15 is 0 Å². The zero-order chi connectivity index (χ0) is 28.8.